The second kappa shape index (κ2) is 9.32. The first-order valence-corrected chi connectivity index (χ1v) is 13.2. The van der Waals surface area contributed by atoms with Crippen LogP contribution in [0.25, 0.3) is 5.00 Å². The van der Waals surface area contributed by atoms with E-state index in [-0.39, 0.29) is 12.1 Å². The summed E-state index contributed by atoms with van der Waals surface area (Å²) in [5, 5.41) is 4.85. The van der Waals surface area contributed by atoms with E-state index in [0.29, 0.717) is 23.0 Å². The number of amides is 2. The number of hydrogen-bond acceptors (Lipinski definition) is 4. The molecule has 184 valence electrons. The maximum atomic E-state index is 14.1. The molecule has 2 aliphatic heterocycles. The molecule has 2 aliphatic rings. The number of carbonyl (C=O) groups excluding carboxylic acids is 1. The van der Waals surface area contributed by atoms with Crippen LogP contribution in [0.15, 0.2) is 66.9 Å². The van der Waals surface area contributed by atoms with E-state index in [1.165, 1.54) is 21.0 Å². The van der Waals surface area contributed by atoms with Gasteiger partial charge >= 0.3 is 6.03 Å². The molecular weight excluding hydrogens is 492 g/mol. The van der Waals surface area contributed by atoms with E-state index in [9.17, 15) is 4.79 Å². The number of anilines is 1. The third-order valence-electron chi connectivity index (χ3n) is 7.03. The normalized spacial score (nSPS) is 17.1. The third kappa shape index (κ3) is 3.97. The van der Waals surface area contributed by atoms with Gasteiger partial charge in [-0.15, -0.1) is 11.3 Å². The van der Waals surface area contributed by atoms with Crippen LogP contribution in [0.3, 0.4) is 0 Å². The Kier molecular flexibility index (Phi) is 5.99. The summed E-state index contributed by atoms with van der Waals surface area (Å²) in [7, 11) is 3.75. The van der Waals surface area contributed by atoms with Crippen LogP contribution >= 0.6 is 22.9 Å². The highest BCUT2D eigenvalue weighted by Gasteiger charge is 2.36. The Balaban J connectivity index is 1.49. The van der Waals surface area contributed by atoms with E-state index < -0.39 is 0 Å². The van der Waals surface area contributed by atoms with E-state index in [2.05, 4.69) is 52.3 Å². The molecule has 1 N–H and O–H groups in total. The zero-order valence-corrected chi connectivity index (χ0v) is 21.8. The molecule has 0 saturated carbocycles. The molecular formula is C28H27ClN4O2S. The molecule has 4 aromatic rings. The molecule has 8 heteroatoms. The fraction of sp³-hybridized carbons (Fsp3) is 0.250. The predicted molar refractivity (Wildman–Crippen MR) is 145 cm³/mol. The number of nitrogens with one attached hydrogen (secondary N) is 1. The number of rotatable bonds is 3. The number of hydrogen-bond donors (Lipinski definition) is 1. The highest BCUT2D eigenvalue weighted by Crippen LogP contribution is 2.43. The van der Waals surface area contributed by atoms with Crippen molar-refractivity contribution in [1.82, 2.24) is 14.4 Å². The van der Waals surface area contributed by atoms with E-state index in [1.54, 1.807) is 25.3 Å². The van der Waals surface area contributed by atoms with E-state index in [4.69, 9.17) is 16.3 Å². The van der Waals surface area contributed by atoms with Crippen molar-refractivity contribution in [1.29, 1.82) is 0 Å². The Labute approximate surface area is 219 Å². The number of likely N-dealkylation sites (N-methyl/N-ethyl adjacent to an activating group) is 1. The lowest BCUT2D eigenvalue weighted by Crippen LogP contribution is -2.38. The Bertz CT molecular complexity index is 1430. The van der Waals surface area contributed by atoms with Gasteiger partial charge in [0.05, 0.1) is 31.1 Å². The molecule has 2 amide bonds. The van der Waals surface area contributed by atoms with Crippen LogP contribution in [0.1, 0.15) is 33.3 Å². The maximum Gasteiger partial charge on any atom is 0.323 e. The minimum atomic E-state index is -0.257. The Morgan fingerprint density at radius 1 is 1.08 bits per heavy atom. The van der Waals surface area contributed by atoms with Crippen LogP contribution in [-0.2, 0) is 19.5 Å². The van der Waals surface area contributed by atoms with Crippen LogP contribution in [-0.4, -0.2) is 41.1 Å². The van der Waals surface area contributed by atoms with Gasteiger partial charge in [-0.05, 0) is 54.9 Å². The highest BCUT2D eigenvalue weighted by atomic mass is 35.5. The smallest absolute Gasteiger partial charge is 0.323 e. The number of fused-ring (bicyclic) bond motifs is 5. The van der Waals surface area contributed by atoms with Gasteiger partial charge in [0.2, 0.25) is 0 Å². The first-order chi connectivity index (χ1) is 17.5. The van der Waals surface area contributed by atoms with Crippen molar-refractivity contribution in [3.63, 3.8) is 0 Å². The van der Waals surface area contributed by atoms with Gasteiger partial charge in [-0.3, -0.25) is 0 Å². The summed E-state index contributed by atoms with van der Waals surface area (Å²) in [6.07, 6.45) is 3.11. The molecule has 0 fully saturated rings. The number of nitrogens with zero attached hydrogens (tertiary/aromatic N) is 3. The number of aromatic nitrogens is 1. The van der Waals surface area contributed by atoms with Gasteiger partial charge in [-0.2, -0.15) is 0 Å². The zero-order chi connectivity index (χ0) is 24.8. The van der Waals surface area contributed by atoms with E-state index in [0.717, 1.165) is 30.8 Å². The molecule has 0 saturated heterocycles. The summed E-state index contributed by atoms with van der Waals surface area (Å²) in [4.78, 5) is 19.8. The van der Waals surface area contributed by atoms with Crippen molar-refractivity contribution in [3.05, 3.63) is 99.1 Å². The summed E-state index contributed by atoms with van der Waals surface area (Å²) >= 11 is 8.11. The number of halogens is 1. The minimum absolute atomic E-state index is 0.196. The lowest BCUT2D eigenvalue weighted by atomic mass is 10.0. The van der Waals surface area contributed by atoms with E-state index in [1.807, 2.05) is 34.4 Å². The van der Waals surface area contributed by atoms with Crippen LogP contribution < -0.4 is 10.1 Å². The molecule has 6 rings (SSSR count). The monoisotopic (exact) mass is 518 g/mol. The molecule has 0 aliphatic carbocycles. The molecule has 1 atom stereocenters. The summed E-state index contributed by atoms with van der Waals surface area (Å²) in [5.74, 6) is 0.568. The van der Waals surface area contributed by atoms with Crippen molar-refractivity contribution in [3.8, 4) is 10.8 Å². The molecule has 2 aromatic heterocycles. The molecule has 0 radical (unpaired) electrons. The van der Waals surface area contributed by atoms with Gasteiger partial charge in [-0.25, -0.2) is 4.79 Å². The summed E-state index contributed by atoms with van der Waals surface area (Å²) in [6, 6.07) is 19.2. The van der Waals surface area contributed by atoms with Crippen molar-refractivity contribution in [2.45, 2.75) is 25.6 Å². The van der Waals surface area contributed by atoms with Crippen LogP contribution in [0.2, 0.25) is 5.02 Å². The SMILES string of the molecule is COc1ccc(Cl)cc1NC(=O)N1Cc2c(sc3c2CCN(C)C3)-n2cccc2[C@@H]1c1ccccc1. The third-order valence-corrected chi connectivity index (χ3v) is 8.53. The number of ether oxygens (including phenoxy) is 1. The van der Waals surface area contributed by atoms with Crippen LogP contribution in [0.5, 0.6) is 5.75 Å². The quantitative estimate of drug-likeness (QED) is 0.345. The first-order valence-electron chi connectivity index (χ1n) is 12.0. The van der Waals surface area contributed by atoms with Crippen LogP contribution in [0.4, 0.5) is 10.5 Å². The van der Waals surface area contributed by atoms with Crippen molar-refractivity contribution >= 4 is 34.7 Å². The minimum Gasteiger partial charge on any atom is -0.495 e. The van der Waals surface area contributed by atoms with Crippen molar-refractivity contribution < 1.29 is 9.53 Å². The number of urea groups is 1. The fourth-order valence-electron chi connectivity index (χ4n) is 5.30. The Morgan fingerprint density at radius 2 is 1.92 bits per heavy atom. The van der Waals surface area contributed by atoms with Gasteiger partial charge in [0.1, 0.15) is 10.8 Å². The van der Waals surface area contributed by atoms with Gasteiger partial charge in [0.15, 0.2) is 0 Å². The second-order valence-corrected chi connectivity index (χ2v) is 10.8. The Morgan fingerprint density at radius 3 is 2.72 bits per heavy atom. The summed E-state index contributed by atoms with van der Waals surface area (Å²) in [6.45, 7) is 2.47. The first kappa shape index (κ1) is 23.2. The van der Waals surface area contributed by atoms with Crippen LogP contribution in [0, 0.1) is 0 Å². The number of methoxy groups -OCH3 is 1. The molecule has 36 heavy (non-hydrogen) atoms. The fourth-order valence-corrected chi connectivity index (χ4v) is 6.92. The average molecular weight is 519 g/mol. The standard InChI is InChI=1S/C28H27ClN4O2S/c1-31-14-12-20-21-16-33(28(34)30-22-15-19(29)10-11-24(22)35-2)26(18-7-4-3-5-8-18)23-9-6-13-32(23)27(21)36-25(20)17-31/h3-11,13,15,26H,12,14,16-17H2,1-2H3,(H,30,34)/t26-/m0/s1. The number of carbonyl (C=O) groups is 1. The average Bonchev–Trinajstić information content (AvgIpc) is 3.46. The molecule has 0 bridgehead atoms. The summed E-state index contributed by atoms with van der Waals surface area (Å²) in [5.41, 5.74) is 5.32. The largest absolute Gasteiger partial charge is 0.495 e. The maximum absolute atomic E-state index is 14.1. The van der Waals surface area contributed by atoms with Gasteiger partial charge < -0.3 is 24.4 Å². The lowest BCUT2D eigenvalue weighted by Gasteiger charge is -2.32. The highest BCUT2D eigenvalue weighted by molar-refractivity contribution is 7.15. The van der Waals surface area contributed by atoms with Gasteiger partial charge in [0.25, 0.3) is 0 Å². The molecule has 2 aromatic carbocycles. The zero-order valence-electron chi connectivity index (χ0n) is 20.2. The number of benzene rings is 2. The van der Waals surface area contributed by atoms with E-state index >= 15 is 0 Å². The van der Waals surface area contributed by atoms with Crippen molar-refractivity contribution in [2.75, 3.05) is 26.0 Å². The molecule has 0 unspecified atom stereocenters. The van der Waals surface area contributed by atoms with Crippen molar-refractivity contribution in [2.24, 2.45) is 0 Å². The second-order valence-electron chi connectivity index (χ2n) is 9.29. The summed E-state index contributed by atoms with van der Waals surface area (Å²) < 4.78 is 7.78. The predicted octanol–water partition coefficient (Wildman–Crippen LogP) is 6.33. The Hall–Kier alpha value is -3.26. The number of thiophene rings is 1. The lowest BCUT2D eigenvalue weighted by molar-refractivity contribution is 0.194. The molecule has 6 nitrogen and oxygen atoms in total. The van der Waals surface area contributed by atoms with Gasteiger partial charge in [-0.1, -0.05) is 41.9 Å². The van der Waals surface area contributed by atoms with Gasteiger partial charge in [0, 0.05) is 34.7 Å². The topological polar surface area (TPSA) is 49.7 Å². The molecule has 4 heterocycles. The molecule has 0 spiro atoms.